The number of imidazole rings is 1. The topological polar surface area (TPSA) is 110 Å². The quantitative estimate of drug-likeness (QED) is 0.456. The second-order valence-corrected chi connectivity index (χ2v) is 6.41. The Balaban J connectivity index is 1.66. The Morgan fingerprint density at radius 1 is 1.15 bits per heavy atom. The lowest BCUT2D eigenvalue weighted by molar-refractivity contribution is 0.0989. The van der Waals surface area contributed by atoms with Crippen molar-refractivity contribution in [2.75, 3.05) is 11.1 Å². The van der Waals surface area contributed by atoms with Gasteiger partial charge in [0.1, 0.15) is 17.8 Å². The van der Waals surface area contributed by atoms with E-state index in [1.165, 1.54) is 12.7 Å². The molecule has 0 aliphatic heterocycles. The first kappa shape index (κ1) is 17.0. The summed E-state index contributed by atoms with van der Waals surface area (Å²) in [5.41, 5.74) is 8.43. The fourth-order valence-electron chi connectivity index (χ4n) is 2.82. The Bertz CT molecular complexity index is 1140. The SMILES string of the molecule is Nc1nc[nH]c1C(=O)Cc1ccc2ncnc(Nc3cccc(Cl)c3)c2c1. The van der Waals surface area contributed by atoms with Crippen molar-refractivity contribution in [2.24, 2.45) is 0 Å². The van der Waals surface area contributed by atoms with Gasteiger partial charge in [0.15, 0.2) is 11.6 Å². The van der Waals surface area contributed by atoms with Gasteiger partial charge in [-0.05, 0) is 35.9 Å². The molecule has 0 amide bonds. The number of aromatic nitrogens is 4. The lowest BCUT2D eigenvalue weighted by Crippen LogP contribution is -2.07. The predicted octanol–water partition coefficient (Wildman–Crippen LogP) is 3.76. The summed E-state index contributed by atoms with van der Waals surface area (Å²) in [6, 6.07) is 13.0. The van der Waals surface area contributed by atoms with Crippen LogP contribution in [0.2, 0.25) is 5.02 Å². The fraction of sp³-hybridized carbons (Fsp3) is 0.0526. The number of hydrogen-bond donors (Lipinski definition) is 3. The van der Waals surface area contributed by atoms with Crippen molar-refractivity contribution < 1.29 is 4.79 Å². The second kappa shape index (κ2) is 7.05. The van der Waals surface area contributed by atoms with E-state index in [1.54, 1.807) is 6.07 Å². The first-order chi connectivity index (χ1) is 13.1. The molecule has 0 fully saturated rings. The van der Waals surface area contributed by atoms with Crippen LogP contribution >= 0.6 is 11.6 Å². The average molecular weight is 379 g/mol. The summed E-state index contributed by atoms with van der Waals surface area (Å²) in [5, 5.41) is 4.68. The van der Waals surface area contributed by atoms with Gasteiger partial charge in [-0.25, -0.2) is 15.0 Å². The average Bonchev–Trinajstić information content (AvgIpc) is 3.08. The van der Waals surface area contributed by atoms with Crippen molar-refractivity contribution in [2.45, 2.75) is 6.42 Å². The van der Waals surface area contributed by atoms with Crippen molar-refractivity contribution in [3.05, 3.63) is 71.4 Å². The van der Waals surface area contributed by atoms with Crippen LogP contribution in [-0.2, 0) is 6.42 Å². The van der Waals surface area contributed by atoms with Crippen LogP contribution in [0, 0.1) is 0 Å². The Morgan fingerprint density at radius 3 is 2.81 bits per heavy atom. The molecule has 4 rings (SSSR count). The zero-order chi connectivity index (χ0) is 18.8. The number of hydrogen-bond acceptors (Lipinski definition) is 6. The third-order valence-electron chi connectivity index (χ3n) is 4.10. The molecule has 2 aromatic carbocycles. The predicted molar refractivity (Wildman–Crippen MR) is 105 cm³/mol. The molecule has 8 heteroatoms. The molecular formula is C19H15ClN6O. The molecule has 2 heterocycles. The van der Waals surface area contributed by atoms with Crippen molar-refractivity contribution in [3.63, 3.8) is 0 Å². The highest BCUT2D eigenvalue weighted by atomic mass is 35.5. The molecule has 0 spiro atoms. The second-order valence-electron chi connectivity index (χ2n) is 5.97. The van der Waals surface area contributed by atoms with Gasteiger partial charge in [-0.1, -0.05) is 23.7 Å². The number of halogens is 1. The number of nitrogens with zero attached hydrogens (tertiary/aromatic N) is 3. The van der Waals surface area contributed by atoms with E-state index in [4.69, 9.17) is 17.3 Å². The van der Waals surface area contributed by atoms with Gasteiger partial charge >= 0.3 is 0 Å². The van der Waals surface area contributed by atoms with E-state index in [1.807, 2.05) is 36.4 Å². The minimum Gasteiger partial charge on any atom is -0.382 e. The van der Waals surface area contributed by atoms with Crippen LogP contribution in [0.5, 0.6) is 0 Å². The number of nitrogen functional groups attached to an aromatic ring is 1. The van der Waals surface area contributed by atoms with Crippen LogP contribution in [0.15, 0.2) is 55.1 Å². The lowest BCUT2D eigenvalue weighted by atomic mass is 10.0. The van der Waals surface area contributed by atoms with E-state index in [9.17, 15) is 4.79 Å². The number of carbonyl (C=O) groups is 1. The van der Waals surface area contributed by atoms with Crippen LogP contribution < -0.4 is 11.1 Å². The lowest BCUT2D eigenvalue weighted by Gasteiger charge is -2.10. The highest BCUT2D eigenvalue weighted by Gasteiger charge is 2.14. The summed E-state index contributed by atoms with van der Waals surface area (Å²) in [5.74, 6) is 0.704. The molecule has 4 aromatic rings. The number of nitrogens with one attached hydrogen (secondary N) is 2. The minimum atomic E-state index is -0.134. The molecule has 0 radical (unpaired) electrons. The number of aromatic amines is 1. The van der Waals surface area contributed by atoms with Crippen LogP contribution in [0.4, 0.5) is 17.3 Å². The smallest absolute Gasteiger partial charge is 0.187 e. The molecule has 0 atom stereocenters. The van der Waals surface area contributed by atoms with Gasteiger partial charge in [0.05, 0.1) is 11.8 Å². The number of nitrogens with two attached hydrogens (primary N) is 1. The van der Waals surface area contributed by atoms with Crippen LogP contribution in [0.3, 0.4) is 0 Å². The molecule has 134 valence electrons. The highest BCUT2D eigenvalue weighted by molar-refractivity contribution is 6.30. The van der Waals surface area contributed by atoms with Crippen LogP contribution in [0.1, 0.15) is 16.1 Å². The standard InChI is InChI=1S/C19H15ClN6O/c20-12-2-1-3-13(8-12)26-19-14-6-11(4-5-15(14)22-9-25-19)7-16(27)17-18(21)24-10-23-17/h1-6,8-10H,7,21H2,(H,23,24)(H,22,25,26). The molecular weight excluding hydrogens is 364 g/mol. The van der Waals surface area contributed by atoms with Crippen molar-refractivity contribution >= 4 is 45.6 Å². The number of H-pyrrole nitrogens is 1. The Hall–Kier alpha value is -3.45. The first-order valence-corrected chi connectivity index (χ1v) is 8.56. The molecule has 4 N–H and O–H groups in total. The number of ketones is 1. The van der Waals surface area contributed by atoms with Gasteiger partial charge in [0.25, 0.3) is 0 Å². The zero-order valence-electron chi connectivity index (χ0n) is 14.1. The van der Waals surface area contributed by atoms with E-state index >= 15 is 0 Å². The molecule has 7 nitrogen and oxygen atoms in total. The van der Waals surface area contributed by atoms with Gasteiger partial charge in [0.2, 0.25) is 0 Å². The van der Waals surface area contributed by atoms with Gasteiger partial charge < -0.3 is 16.0 Å². The zero-order valence-corrected chi connectivity index (χ0v) is 14.9. The monoisotopic (exact) mass is 378 g/mol. The minimum absolute atomic E-state index is 0.134. The number of carbonyl (C=O) groups excluding carboxylic acids is 1. The molecule has 0 aliphatic rings. The maximum absolute atomic E-state index is 12.4. The number of benzene rings is 2. The third-order valence-corrected chi connectivity index (χ3v) is 4.33. The molecule has 0 bridgehead atoms. The number of fused-ring (bicyclic) bond motifs is 1. The third kappa shape index (κ3) is 3.58. The number of Topliss-reactive ketones (excluding diaryl/α,β-unsaturated/α-hetero) is 1. The highest BCUT2D eigenvalue weighted by Crippen LogP contribution is 2.26. The maximum Gasteiger partial charge on any atom is 0.187 e. The van der Waals surface area contributed by atoms with Crippen LogP contribution in [-0.4, -0.2) is 25.7 Å². The van der Waals surface area contributed by atoms with Gasteiger partial charge in [-0.15, -0.1) is 0 Å². The Kier molecular flexibility index (Phi) is 4.43. The Labute approximate surface area is 159 Å². The van der Waals surface area contributed by atoms with E-state index in [0.29, 0.717) is 16.5 Å². The van der Waals surface area contributed by atoms with E-state index in [2.05, 4.69) is 25.3 Å². The summed E-state index contributed by atoms with van der Waals surface area (Å²) < 4.78 is 0. The normalized spacial score (nSPS) is 10.9. The molecule has 27 heavy (non-hydrogen) atoms. The molecule has 0 saturated heterocycles. The van der Waals surface area contributed by atoms with E-state index < -0.39 is 0 Å². The summed E-state index contributed by atoms with van der Waals surface area (Å²) in [4.78, 5) is 27.7. The van der Waals surface area contributed by atoms with Gasteiger partial charge in [-0.2, -0.15) is 0 Å². The largest absolute Gasteiger partial charge is 0.382 e. The fourth-order valence-corrected chi connectivity index (χ4v) is 3.01. The maximum atomic E-state index is 12.4. The van der Waals surface area contributed by atoms with Crippen molar-refractivity contribution in [1.82, 2.24) is 19.9 Å². The summed E-state index contributed by atoms with van der Waals surface area (Å²) in [7, 11) is 0. The molecule has 2 aromatic heterocycles. The first-order valence-electron chi connectivity index (χ1n) is 8.18. The van der Waals surface area contributed by atoms with E-state index in [-0.39, 0.29) is 18.0 Å². The molecule has 0 unspecified atom stereocenters. The van der Waals surface area contributed by atoms with Crippen molar-refractivity contribution in [1.29, 1.82) is 0 Å². The molecule has 0 aliphatic carbocycles. The van der Waals surface area contributed by atoms with Crippen LogP contribution in [0.25, 0.3) is 10.9 Å². The summed E-state index contributed by atoms with van der Waals surface area (Å²) >= 11 is 6.04. The number of rotatable bonds is 5. The summed E-state index contributed by atoms with van der Waals surface area (Å²) in [6.07, 6.45) is 3.09. The van der Waals surface area contributed by atoms with Crippen molar-refractivity contribution in [3.8, 4) is 0 Å². The van der Waals surface area contributed by atoms with Gasteiger partial charge in [-0.3, -0.25) is 4.79 Å². The number of anilines is 3. The van der Waals surface area contributed by atoms with Gasteiger partial charge in [0, 0.05) is 22.5 Å². The molecule has 0 saturated carbocycles. The summed E-state index contributed by atoms with van der Waals surface area (Å²) in [6.45, 7) is 0. The Morgan fingerprint density at radius 2 is 2.04 bits per heavy atom. The van der Waals surface area contributed by atoms with E-state index in [0.717, 1.165) is 22.2 Å².